The van der Waals surface area contributed by atoms with Crippen LogP contribution in [0, 0.1) is 23.6 Å². The Hall–Kier alpha value is -2.99. The summed E-state index contributed by atoms with van der Waals surface area (Å²) in [6.07, 6.45) is 7.01. The number of nitrogens with one attached hydrogen (secondary N) is 2. The van der Waals surface area contributed by atoms with Crippen LogP contribution in [0.1, 0.15) is 57.4 Å². The van der Waals surface area contributed by atoms with E-state index in [2.05, 4.69) is 32.6 Å². The molecule has 2 aliphatic carbocycles. The fraction of sp³-hybridized carbons (Fsp3) is 0.605. The molecule has 2 aromatic rings. The molecule has 3 aliphatic heterocycles. The van der Waals surface area contributed by atoms with Gasteiger partial charge in [0, 0.05) is 55.2 Å². The lowest BCUT2D eigenvalue weighted by Gasteiger charge is -2.51. The average molecular weight is 695 g/mol. The highest BCUT2D eigenvalue weighted by Gasteiger charge is 2.52. The van der Waals surface area contributed by atoms with E-state index in [9.17, 15) is 18.3 Å². The van der Waals surface area contributed by atoms with E-state index in [0.29, 0.717) is 43.2 Å². The van der Waals surface area contributed by atoms with Gasteiger partial charge < -0.3 is 30.3 Å². The summed E-state index contributed by atoms with van der Waals surface area (Å²) in [5, 5.41) is 17.8. The van der Waals surface area contributed by atoms with Crippen LogP contribution in [-0.4, -0.2) is 94.3 Å². The van der Waals surface area contributed by atoms with Crippen LogP contribution in [0.15, 0.2) is 65.1 Å². The van der Waals surface area contributed by atoms with E-state index in [4.69, 9.17) is 4.74 Å². The number of ether oxygens (including phenoxy) is 1. The molecule has 7 rings (SSSR count). The molecule has 266 valence electrons. The van der Waals surface area contributed by atoms with Crippen LogP contribution in [-0.2, 0) is 20.0 Å². The Morgan fingerprint density at radius 2 is 1.84 bits per heavy atom. The predicted octanol–water partition coefficient (Wildman–Crippen LogP) is 4.65. The van der Waals surface area contributed by atoms with Crippen molar-refractivity contribution >= 4 is 21.6 Å². The molecule has 0 aromatic heterocycles. The number of carbonyl (C=O) groups is 1. The molecule has 11 heteroatoms. The molecule has 1 saturated carbocycles. The molecular formula is C38H51FN4O5S. The van der Waals surface area contributed by atoms with Crippen LogP contribution >= 0.6 is 0 Å². The van der Waals surface area contributed by atoms with Crippen molar-refractivity contribution in [2.75, 3.05) is 57.8 Å². The average Bonchev–Trinajstić information content (AvgIpc) is 3.86. The van der Waals surface area contributed by atoms with E-state index in [-0.39, 0.29) is 28.9 Å². The van der Waals surface area contributed by atoms with Crippen LogP contribution in [0.5, 0.6) is 0 Å². The summed E-state index contributed by atoms with van der Waals surface area (Å²) in [5.41, 5.74) is 1.83. The number of hydrogen-bond acceptors (Lipinski definition) is 8. The summed E-state index contributed by atoms with van der Waals surface area (Å²) in [6, 6.07) is 14.2. The highest BCUT2D eigenvalue weighted by atomic mass is 32.2. The van der Waals surface area contributed by atoms with E-state index in [1.807, 2.05) is 19.1 Å². The number of anilines is 1. The third-order valence-corrected chi connectivity index (χ3v) is 14.2. The summed E-state index contributed by atoms with van der Waals surface area (Å²) in [6.45, 7) is 7.94. The van der Waals surface area contributed by atoms with Crippen molar-refractivity contribution in [2.24, 2.45) is 17.8 Å². The molecule has 4 atom stereocenters. The van der Waals surface area contributed by atoms with E-state index in [1.165, 1.54) is 13.2 Å². The zero-order chi connectivity index (χ0) is 34.4. The zero-order valence-electron chi connectivity index (χ0n) is 28.7. The summed E-state index contributed by atoms with van der Waals surface area (Å²) in [4.78, 5) is 18.0. The first kappa shape index (κ1) is 34.5. The molecule has 3 fully saturated rings. The highest BCUT2D eigenvalue weighted by Crippen LogP contribution is 2.51. The van der Waals surface area contributed by atoms with Gasteiger partial charge in [0.15, 0.2) is 9.84 Å². The summed E-state index contributed by atoms with van der Waals surface area (Å²) in [5.74, 6) is 0.416. The van der Waals surface area contributed by atoms with E-state index in [1.54, 1.807) is 24.3 Å². The smallest absolute Gasteiger partial charge is 0.407 e. The molecule has 2 bridgehead atoms. The first-order valence-electron chi connectivity index (χ1n) is 18.0. The third kappa shape index (κ3) is 7.14. The van der Waals surface area contributed by atoms with Gasteiger partial charge in [-0.05, 0) is 119 Å². The fourth-order valence-electron chi connectivity index (χ4n) is 9.22. The molecule has 1 amide bonds. The number of sulfone groups is 1. The van der Waals surface area contributed by atoms with Gasteiger partial charge in [0.25, 0.3) is 0 Å². The molecule has 0 radical (unpaired) electrons. The van der Waals surface area contributed by atoms with E-state index in [0.717, 1.165) is 75.2 Å². The Morgan fingerprint density at radius 3 is 2.51 bits per heavy atom. The topological polar surface area (TPSA) is 111 Å². The number of amides is 1. The van der Waals surface area contributed by atoms with Crippen molar-refractivity contribution in [3.63, 3.8) is 0 Å². The van der Waals surface area contributed by atoms with Crippen LogP contribution in [0.3, 0.4) is 0 Å². The number of rotatable bonds is 8. The second-order valence-corrected chi connectivity index (χ2v) is 17.8. The minimum atomic E-state index is -3.17. The number of likely N-dealkylation sites (tertiary alicyclic amines) is 1. The van der Waals surface area contributed by atoms with Gasteiger partial charge in [0.1, 0.15) is 5.82 Å². The Balaban J connectivity index is 1.06. The van der Waals surface area contributed by atoms with Crippen molar-refractivity contribution in [3.8, 4) is 0 Å². The molecule has 0 spiro atoms. The van der Waals surface area contributed by atoms with Crippen molar-refractivity contribution in [1.82, 2.24) is 15.5 Å². The van der Waals surface area contributed by atoms with Gasteiger partial charge in [-0.1, -0.05) is 23.8 Å². The number of fused-ring (bicyclic) bond motifs is 1. The van der Waals surface area contributed by atoms with Gasteiger partial charge in [0.2, 0.25) is 0 Å². The minimum absolute atomic E-state index is 0.104. The molecule has 9 nitrogen and oxygen atoms in total. The quantitative estimate of drug-likeness (QED) is 0.343. The number of piperidine rings is 1. The number of benzene rings is 2. The molecule has 2 saturated heterocycles. The number of halogens is 1. The fourth-order valence-corrected chi connectivity index (χ4v) is 10.9. The number of aliphatic hydroxyl groups is 1. The zero-order valence-corrected chi connectivity index (χ0v) is 29.6. The number of alkyl carbamates (subject to hydrolysis) is 1. The third-order valence-electron chi connectivity index (χ3n) is 11.9. The van der Waals surface area contributed by atoms with Gasteiger partial charge in [0.05, 0.1) is 22.9 Å². The Kier molecular flexibility index (Phi) is 9.58. The second kappa shape index (κ2) is 13.6. The van der Waals surface area contributed by atoms with Crippen molar-refractivity contribution in [1.29, 1.82) is 0 Å². The second-order valence-electron chi connectivity index (χ2n) is 15.5. The van der Waals surface area contributed by atoms with Gasteiger partial charge in [-0.25, -0.2) is 17.6 Å². The van der Waals surface area contributed by atoms with Crippen LogP contribution < -0.4 is 15.5 Å². The van der Waals surface area contributed by atoms with Crippen molar-refractivity contribution < 1.29 is 27.4 Å². The number of carbonyl (C=O) groups excluding carboxylic acids is 1. The number of hydrogen-bond donors (Lipinski definition) is 3. The Labute approximate surface area is 290 Å². The molecule has 3 N–H and O–H groups in total. The predicted molar refractivity (Wildman–Crippen MR) is 188 cm³/mol. The molecular weight excluding hydrogens is 644 g/mol. The first-order chi connectivity index (χ1) is 23.5. The lowest BCUT2D eigenvalue weighted by Crippen LogP contribution is -2.58. The Bertz CT molecular complexity index is 1650. The van der Waals surface area contributed by atoms with Gasteiger partial charge in [-0.3, -0.25) is 0 Å². The molecule has 49 heavy (non-hydrogen) atoms. The molecule has 3 heterocycles. The largest absolute Gasteiger partial charge is 0.453 e. The lowest BCUT2D eigenvalue weighted by molar-refractivity contribution is 0.0478. The normalized spacial score (nSPS) is 30.4. The van der Waals surface area contributed by atoms with Crippen LogP contribution in [0.4, 0.5) is 14.9 Å². The number of nitrogens with zero attached hydrogens (tertiary/aromatic N) is 2. The summed E-state index contributed by atoms with van der Waals surface area (Å²) >= 11 is 0. The van der Waals surface area contributed by atoms with Gasteiger partial charge in [-0.2, -0.15) is 0 Å². The van der Waals surface area contributed by atoms with Crippen molar-refractivity contribution in [3.05, 3.63) is 71.6 Å². The first-order valence-corrected chi connectivity index (χ1v) is 19.6. The lowest BCUT2D eigenvalue weighted by atomic mass is 9.58. The molecule has 2 aromatic carbocycles. The summed E-state index contributed by atoms with van der Waals surface area (Å²) < 4.78 is 45.2. The van der Waals surface area contributed by atoms with Gasteiger partial charge in [-0.15, -0.1) is 0 Å². The maximum atomic E-state index is 15.0. The van der Waals surface area contributed by atoms with E-state index < -0.39 is 26.9 Å². The highest BCUT2D eigenvalue weighted by molar-refractivity contribution is 7.92. The molecule has 5 aliphatic rings. The SMILES string of the molecule is COC(=O)N[C@H]1CC2=C[C@@H]1[C@](c1cccc(F)c1)(C1CCN(CC3CN(c4ccc(S(=O)(=O)C5CC5)cc4)C3)CC1)CNCCC(C)(O)C2. The standard InChI is InChI=1S/C38H51FN4O5S/c1-37(45)14-15-40-25-38(29-4-3-5-30(39)20-29,34-18-26(21-37)19-35(34)41-36(44)48-2)28-12-16-42(17-13-28)22-27-23-43(24-27)31-6-8-32(9-7-31)49(46,47)33-10-11-33/h3-9,18,20,27-28,33-35,40,45H,10-17,19,21-25H2,1-2H3,(H,41,44)/t34-,35-,37?,38-/m0/s1. The number of methoxy groups -OCH3 is 1. The van der Waals surface area contributed by atoms with Crippen LogP contribution in [0.25, 0.3) is 0 Å². The Morgan fingerprint density at radius 1 is 1.10 bits per heavy atom. The maximum absolute atomic E-state index is 15.0. The monoisotopic (exact) mass is 694 g/mol. The van der Waals surface area contributed by atoms with Crippen molar-refractivity contribution in [2.45, 2.75) is 79.1 Å². The summed E-state index contributed by atoms with van der Waals surface area (Å²) in [7, 11) is -1.80. The maximum Gasteiger partial charge on any atom is 0.407 e. The van der Waals surface area contributed by atoms with Gasteiger partial charge >= 0.3 is 6.09 Å². The van der Waals surface area contributed by atoms with Crippen LogP contribution in [0.2, 0.25) is 0 Å². The van der Waals surface area contributed by atoms with E-state index >= 15 is 4.39 Å². The molecule has 1 unspecified atom stereocenters. The minimum Gasteiger partial charge on any atom is -0.453 e.